The van der Waals surface area contributed by atoms with E-state index in [0.29, 0.717) is 30.2 Å². The highest BCUT2D eigenvalue weighted by molar-refractivity contribution is 7.71. The van der Waals surface area contributed by atoms with Gasteiger partial charge in [0.25, 0.3) is 0 Å². The molecule has 0 atom stereocenters. The van der Waals surface area contributed by atoms with Crippen molar-refractivity contribution in [2.75, 3.05) is 44.2 Å². The summed E-state index contributed by atoms with van der Waals surface area (Å²) in [5.41, 5.74) is 1.82. The Labute approximate surface area is 204 Å². The molecule has 3 aromatic rings. The van der Waals surface area contributed by atoms with Crippen molar-refractivity contribution in [1.29, 1.82) is 5.26 Å². The van der Waals surface area contributed by atoms with E-state index in [0.717, 1.165) is 44.2 Å². The largest absolute Gasteiger partial charge is 0.368 e. The molecule has 2 saturated heterocycles. The average Bonchev–Trinajstić information content (AvgIpc) is 3.48. The maximum Gasteiger partial charge on any atom is 0.203 e. The molecule has 34 heavy (non-hydrogen) atoms. The Morgan fingerprint density at radius 1 is 0.912 bits per heavy atom. The van der Waals surface area contributed by atoms with Gasteiger partial charge in [0.15, 0.2) is 5.82 Å². The average molecular weight is 478 g/mol. The highest BCUT2D eigenvalue weighted by Gasteiger charge is 2.23. The minimum atomic E-state index is -0.467. The van der Waals surface area contributed by atoms with Crippen LogP contribution in [0.2, 0.25) is 0 Å². The molecular formula is C25H28FN7S. The van der Waals surface area contributed by atoms with Gasteiger partial charge in [0.1, 0.15) is 17.4 Å². The van der Waals surface area contributed by atoms with E-state index in [4.69, 9.17) is 17.3 Å². The number of likely N-dealkylation sites (tertiary alicyclic amines) is 1. The van der Waals surface area contributed by atoms with Gasteiger partial charge in [0.05, 0.1) is 18.9 Å². The Morgan fingerprint density at radius 2 is 1.65 bits per heavy atom. The Hall–Kier alpha value is -3.06. The summed E-state index contributed by atoms with van der Waals surface area (Å²) in [5, 5.41) is 14.3. The third-order valence-electron chi connectivity index (χ3n) is 6.63. The summed E-state index contributed by atoms with van der Waals surface area (Å²) in [7, 11) is 0. The number of halogens is 1. The summed E-state index contributed by atoms with van der Waals surface area (Å²) < 4.78 is 18.8. The third-order valence-corrected chi connectivity index (χ3v) is 7.03. The predicted molar refractivity (Wildman–Crippen MR) is 132 cm³/mol. The van der Waals surface area contributed by atoms with Crippen LogP contribution in [0.1, 0.15) is 24.2 Å². The number of piperazine rings is 1. The number of para-hydroxylation sites is 1. The van der Waals surface area contributed by atoms with Gasteiger partial charge in [-0.3, -0.25) is 14.4 Å². The van der Waals surface area contributed by atoms with Crippen LogP contribution in [0.25, 0.3) is 5.69 Å². The van der Waals surface area contributed by atoms with Crippen molar-refractivity contribution in [3.63, 3.8) is 0 Å². The van der Waals surface area contributed by atoms with Crippen LogP contribution in [-0.2, 0) is 13.2 Å². The van der Waals surface area contributed by atoms with Crippen LogP contribution >= 0.6 is 12.2 Å². The first-order valence-corrected chi connectivity index (χ1v) is 12.2. The predicted octanol–water partition coefficient (Wildman–Crippen LogP) is 3.79. The molecule has 9 heteroatoms. The minimum absolute atomic E-state index is 0.117. The molecule has 0 saturated carbocycles. The van der Waals surface area contributed by atoms with Gasteiger partial charge in [0.2, 0.25) is 4.77 Å². The van der Waals surface area contributed by atoms with E-state index in [2.05, 4.69) is 31.4 Å². The van der Waals surface area contributed by atoms with Crippen molar-refractivity contribution in [2.45, 2.75) is 26.1 Å². The van der Waals surface area contributed by atoms with Gasteiger partial charge in [-0.05, 0) is 62.4 Å². The summed E-state index contributed by atoms with van der Waals surface area (Å²) in [6.45, 7) is 6.58. The number of hydrogen-bond donors (Lipinski definition) is 0. The Kier molecular flexibility index (Phi) is 6.72. The molecule has 3 heterocycles. The number of benzene rings is 2. The summed E-state index contributed by atoms with van der Waals surface area (Å²) in [6, 6.07) is 17.0. The first kappa shape index (κ1) is 22.7. The Bertz CT molecular complexity index is 1230. The highest BCUT2D eigenvalue weighted by atomic mass is 32.1. The molecule has 0 N–H and O–H groups in total. The molecule has 0 unspecified atom stereocenters. The fraction of sp³-hybridized carbons (Fsp3) is 0.400. The van der Waals surface area contributed by atoms with E-state index in [1.165, 1.54) is 18.9 Å². The summed E-state index contributed by atoms with van der Waals surface area (Å²) in [4.78, 5) is 6.82. The molecule has 2 fully saturated rings. The summed E-state index contributed by atoms with van der Waals surface area (Å²) >= 11 is 5.88. The molecule has 1 aromatic heterocycles. The van der Waals surface area contributed by atoms with Gasteiger partial charge in [0, 0.05) is 31.9 Å². The highest BCUT2D eigenvalue weighted by Crippen LogP contribution is 2.24. The van der Waals surface area contributed by atoms with Crippen LogP contribution in [0.15, 0.2) is 48.5 Å². The fourth-order valence-electron chi connectivity index (χ4n) is 4.83. The van der Waals surface area contributed by atoms with Crippen molar-refractivity contribution >= 4 is 17.9 Å². The summed E-state index contributed by atoms with van der Waals surface area (Å²) in [6.07, 6.45) is 2.46. The van der Waals surface area contributed by atoms with Crippen LogP contribution in [0.5, 0.6) is 0 Å². The van der Waals surface area contributed by atoms with E-state index in [1.807, 2.05) is 35.0 Å². The SMILES string of the molecule is N#Cc1c(F)cccc1N1CCN(Cn2nc(CN3CCCC3)n(-c3ccccc3)c2=S)CC1. The zero-order valence-corrected chi connectivity index (χ0v) is 19.9. The maximum absolute atomic E-state index is 14.1. The number of anilines is 1. The lowest BCUT2D eigenvalue weighted by atomic mass is 10.1. The fourth-order valence-corrected chi connectivity index (χ4v) is 5.14. The van der Waals surface area contributed by atoms with Crippen LogP contribution < -0.4 is 4.90 Å². The quantitative estimate of drug-likeness (QED) is 0.504. The van der Waals surface area contributed by atoms with Crippen LogP contribution in [0, 0.1) is 21.9 Å². The zero-order valence-electron chi connectivity index (χ0n) is 19.1. The molecule has 0 bridgehead atoms. The van der Waals surface area contributed by atoms with Gasteiger partial charge in [-0.15, -0.1) is 0 Å². The van der Waals surface area contributed by atoms with Crippen molar-refractivity contribution < 1.29 is 4.39 Å². The standard InChI is InChI=1S/C25H28FN7S/c26-22-9-6-10-23(21(22)17-27)31-15-13-30(14-16-31)19-32-25(34)33(20-7-2-1-3-8-20)24(28-32)18-29-11-4-5-12-29/h1-3,6-10H,4-5,11-16,18-19H2. The van der Waals surface area contributed by atoms with Crippen molar-refractivity contribution in [3.05, 3.63) is 70.5 Å². The maximum atomic E-state index is 14.1. The third kappa shape index (κ3) is 4.62. The Morgan fingerprint density at radius 3 is 2.35 bits per heavy atom. The first-order valence-electron chi connectivity index (χ1n) is 11.8. The number of nitriles is 1. The van der Waals surface area contributed by atoms with E-state index in [1.54, 1.807) is 6.07 Å². The van der Waals surface area contributed by atoms with E-state index in [9.17, 15) is 9.65 Å². The van der Waals surface area contributed by atoms with E-state index < -0.39 is 5.82 Å². The van der Waals surface area contributed by atoms with Gasteiger partial charge >= 0.3 is 0 Å². The van der Waals surface area contributed by atoms with Crippen LogP contribution in [-0.4, -0.2) is 63.4 Å². The van der Waals surface area contributed by atoms with Gasteiger partial charge in [-0.2, -0.15) is 10.4 Å². The molecule has 2 aliphatic rings. The molecule has 0 spiro atoms. The summed E-state index contributed by atoms with van der Waals surface area (Å²) in [5.74, 6) is 0.501. The topological polar surface area (TPSA) is 56.3 Å². The number of rotatable bonds is 6. The normalized spacial score (nSPS) is 17.2. The zero-order chi connectivity index (χ0) is 23.5. The lowest BCUT2D eigenvalue weighted by Gasteiger charge is -2.36. The molecule has 0 amide bonds. The monoisotopic (exact) mass is 477 g/mol. The van der Waals surface area contributed by atoms with Gasteiger partial charge in [-0.25, -0.2) is 9.07 Å². The second-order valence-corrected chi connectivity index (χ2v) is 9.21. The lowest BCUT2D eigenvalue weighted by molar-refractivity contribution is 0.193. The van der Waals surface area contributed by atoms with E-state index in [-0.39, 0.29) is 5.56 Å². The van der Waals surface area contributed by atoms with Crippen molar-refractivity contribution in [2.24, 2.45) is 0 Å². The van der Waals surface area contributed by atoms with E-state index >= 15 is 0 Å². The number of aromatic nitrogens is 3. The molecule has 5 rings (SSSR count). The van der Waals surface area contributed by atoms with Crippen LogP contribution in [0.4, 0.5) is 10.1 Å². The molecule has 7 nitrogen and oxygen atoms in total. The molecule has 2 aromatic carbocycles. The lowest BCUT2D eigenvalue weighted by Crippen LogP contribution is -2.47. The molecule has 0 aliphatic carbocycles. The van der Waals surface area contributed by atoms with Crippen molar-refractivity contribution in [3.8, 4) is 11.8 Å². The van der Waals surface area contributed by atoms with Crippen LogP contribution in [0.3, 0.4) is 0 Å². The van der Waals surface area contributed by atoms with Gasteiger partial charge < -0.3 is 4.90 Å². The number of hydrogen-bond acceptors (Lipinski definition) is 6. The molecule has 0 radical (unpaired) electrons. The molecular weight excluding hydrogens is 449 g/mol. The smallest absolute Gasteiger partial charge is 0.203 e. The molecule has 176 valence electrons. The van der Waals surface area contributed by atoms with Crippen molar-refractivity contribution in [1.82, 2.24) is 24.1 Å². The molecule has 2 aliphatic heterocycles. The first-order chi connectivity index (χ1) is 16.6. The second kappa shape index (κ2) is 10.1. The Balaban J connectivity index is 1.33. The van der Waals surface area contributed by atoms with Gasteiger partial charge in [-0.1, -0.05) is 24.3 Å². The minimum Gasteiger partial charge on any atom is -0.368 e. The second-order valence-electron chi connectivity index (χ2n) is 8.84. The number of nitrogens with zero attached hydrogens (tertiary/aromatic N) is 7.